The van der Waals surface area contributed by atoms with Crippen molar-refractivity contribution in [2.45, 2.75) is 68.9 Å². The Balaban J connectivity index is 1.41. The molecular weight excluding hydrogens is 421 g/mol. The van der Waals surface area contributed by atoms with Crippen molar-refractivity contribution in [3.8, 4) is 6.07 Å². The maximum Gasteiger partial charge on any atom is 0.318 e. The van der Waals surface area contributed by atoms with Gasteiger partial charge in [-0.05, 0) is 62.5 Å². The van der Waals surface area contributed by atoms with Crippen molar-refractivity contribution >= 4 is 11.9 Å². The molecule has 0 aromatic heterocycles. The second kappa shape index (κ2) is 8.30. The van der Waals surface area contributed by atoms with Crippen LogP contribution < -0.4 is 10.6 Å². The molecule has 0 radical (unpaired) electrons. The molecule has 1 spiro atoms. The Hall–Kier alpha value is -2.76. The van der Waals surface area contributed by atoms with Crippen LogP contribution >= 0.6 is 0 Å². The maximum atomic E-state index is 14.7. The Labute approximate surface area is 185 Å². The Morgan fingerprint density at radius 2 is 1.72 bits per heavy atom. The average molecular weight is 448 g/mol. The molecule has 1 aromatic rings. The van der Waals surface area contributed by atoms with E-state index in [1.807, 2.05) is 6.07 Å². The molecule has 0 unspecified atom stereocenters. The molecule has 3 amide bonds. The second-order valence-corrected chi connectivity index (χ2v) is 9.42. The average Bonchev–Trinajstić information content (AvgIpc) is 3.70. The van der Waals surface area contributed by atoms with Crippen LogP contribution in [0.4, 0.5) is 18.0 Å². The van der Waals surface area contributed by atoms with E-state index in [2.05, 4.69) is 10.6 Å². The van der Waals surface area contributed by atoms with Crippen LogP contribution in [0.5, 0.6) is 0 Å². The quantitative estimate of drug-likeness (QED) is 0.665. The van der Waals surface area contributed by atoms with Crippen LogP contribution in [0.3, 0.4) is 0 Å². The van der Waals surface area contributed by atoms with E-state index in [1.54, 1.807) is 4.90 Å². The Kier molecular flexibility index (Phi) is 5.82. The zero-order chi connectivity index (χ0) is 23.0. The van der Waals surface area contributed by atoms with Gasteiger partial charge in [-0.25, -0.2) is 18.0 Å². The third-order valence-electron chi connectivity index (χ3n) is 7.02. The van der Waals surface area contributed by atoms with Crippen LogP contribution in [0.1, 0.15) is 56.9 Å². The van der Waals surface area contributed by atoms with Crippen LogP contribution in [0.25, 0.3) is 0 Å². The Bertz CT molecular complexity index is 910. The van der Waals surface area contributed by atoms with E-state index in [4.69, 9.17) is 0 Å². The van der Waals surface area contributed by atoms with Crippen LogP contribution in [-0.2, 0) is 10.7 Å². The molecule has 1 atom stereocenters. The monoisotopic (exact) mass is 448 g/mol. The standard InChI is InChI=1S/C23H27F3N4O2/c24-17-3-1-16(2-4-17)23(25,26)6-5-18(19(31)29-22(15-27)9-10-22)28-20(32)30-13-11-21(7-8-21)12-14-30/h1-4,18H,5-14H2,(H,28,32)(H,29,31)/t18-/m0/s1. The number of halogens is 3. The smallest absolute Gasteiger partial charge is 0.318 e. The summed E-state index contributed by atoms with van der Waals surface area (Å²) >= 11 is 0. The van der Waals surface area contributed by atoms with E-state index in [-0.39, 0.29) is 12.0 Å². The van der Waals surface area contributed by atoms with Crippen molar-refractivity contribution in [1.82, 2.24) is 15.5 Å². The molecule has 32 heavy (non-hydrogen) atoms. The molecule has 3 aliphatic rings. The van der Waals surface area contributed by atoms with E-state index in [0.29, 0.717) is 31.3 Å². The first-order valence-corrected chi connectivity index (χ1v) is 11.1. The molecule has 1 aromatic carbocycles. The van der Waals surface area contributed by atoms with Crippen molar-refractivity contribution in [1.29, 1.82) is 5.26 Å². The Morgan fingerprint density at radius 3 is 2.25 bits per heavy atom. The first-order valence-electron chi connectivity index (χ1n) is 11.1. The van der Waals surface area contributed by atoms with Gasteiger partial charge < -0.3 is 15.5 Å². The number of hydrogen-bond donors (Lipinski definition) is 2. The summed E-state index contributed by atoms with van der Waals surface area (Å²) in [5.41, 5.74) is -0.954. The summed E-state index contributed by atoms with van der Waals surface area (Å²) in [4.78, 5) is 27.2. The summed E-state index contributed by atoms with van der Waals surface area (Å²) in [5.74, 6) is -4.55. The number of carbonyl (C=O) groups is 2. The van der Waals surface area contributed by atoms with E-state index >= 15 is 0 Å². The lowest BCUT2D eigenvalue weighted by Gasteiger charge is -2.33. The number of piperidine rings is 1. The number of benzene rings is 1. The molecule has 2 saturated carbocycles. The van der Waals surface area contributed by atoms with Gasteiger partial charge in [0.05, 0.1) is 6.07 Å². The van der Waals surface area contributed by atoms with Gasteiger partial charge in [-0.2, -0.15) is 5.26 Å². The fourth-order valence-electron chi connectivity index (χ4n) is 4.25. The SMILES string of the molecule is N#CC1(NC(=O)[C@H](CCC(F)(F)c2ccc(F)cc2)NC(=O)N2CCC3(CC2)CC3)CC1. The summed E-state index contributed by atoms with van der Waals surface area (Å²) < 4.78 is 42.5. The number of likely N-dealkylation sites (tertiary alicyclic amines) is 1. The molecule has 1 heterocycles. The molecule has 4 rings (SSSR count). The van der Waals surface area contributed by atoms with Crippen molar-refractivity contribution in [2.75, 3.05) is 13.1 Å². The number of urea groups is 1. The fraction of sp³-hybridized carbons (Fsp3) is 0.609. The number of nitrogens with zero attached hydrogens (tertiary/aromatic N) is 2. The normalized spacial score (nSPS) is 21.4. The van der Waals surface area contributed by atoms with E-state index < -0.39 is 41.7 Å². The number of carbonyl (C=O) groups excluding carboxylic acids is 2. The van der Waals surface area contributed by atoms with Gasteiger partial charge in [0, 0.05) is 25.1 Å². The van der Waals surface area contributed by atoms with Gasteiger partial charge in [-0.3, -0.25) is 4.79 Å². The van der Waals surface area contributed by atoms with Crippen LogP contribution in [-0.4, -0.2) is 41.5 Å². The minimum atomic E-state index is -3.30. The van der Waals surface area contributed by atoms with Gasteiger partial charge in [0.1, 0.15) is 17.4 Å². The molecule has 6 nitrogen and oxygen atoms in total. The maximum absolute atomic E-state index is 14.7. The molecule has 9 heteroatoms. The summed E-state index contributed by atoms with van der Waals surface area (Å²) in [7, 11) is 0. The molecule has 2 N–H and O–H groups in total. The summed E-state index contributed by atoms with van der Waals surface area (Å²) in [6.45, 7) is 1.15. The van der Waals surface area contributed by atoms with Crippen molar-refractivity contribution in [2.24, 2.45) is 5.41 Å². The fourth-order valence-corrected chi connectivity index (χ4v) is 4.25. The molecule has 172 valence electrons. The highest BCUT2D eigenvalue weighted by Crippen LogP contribution is 2.53. The largest absolute Gasteiger partial charge is 0.336 e. The molecule has 0 bridgehead atoms. The zero-order valence-electron chi connectivity index (χ0n) is 17.8. The van der Waals surface area contributed by atoms with Gasteiger partial charge in [0.25, 0.3) is 5.92 Å². The third kappa shape index (κ3) is 5.00. The van der Waals surface area contributed by atoms with Gasteiger partial charge in [0.2, 0.25) is 5.91 Å². The minimum absolute atomic E-state index is 0.318. The number of alkyl halides is 2. The summed E-state index contributed by atoms with van der Waals surface area (Å²) in [6.07, 6.45) is 4.16. The first-order chi connectivity index (χ1) is 15.2. The highest BCUT2D eigenvalue weighted by molar-refractivity contribution is 5.88. The highest BCUT2D eigenvalue weighted by atomic mass is 19.3. The predicted molar refractivity (Wildman–Crippen MR) is 110 cm³/mol. The van der Waals surface area contributed by atoms with E-state index in [9.17, 15) is 28.0 Å². The molecule has 1 aliphatic heterocycles. The molecule has 1 saturated heterocycles. The number of amides is 3. The molecule has 2 aliphatic carbocycles. The predicted octanol–water partition coefficient (Wildman–Crippen LogP) is 3.82. The van der Waals surface area contributed by atoms with Crippen molar-refractivity contribution in [3.05, 3.63) is 35.6 Å². The lowest BCUT2D eigenvalue weighted by Crippen LogP contribution is -2.54. The van der Waals surface area contributed by atoms with Crippen LogP contribution in [0, 0.1) is 22.6 Å². The summed E-state index contributed by atoms with van der Waals surface area (Å²) in [5, 5.41) is 14.5. The number of hydrogen-bond acceptors (Lipinski definition) is 3. The van der Waals surface area contributed by atoms with Gasteiger partial charge in [-0.15, -0.1) is 0 Å². The van der Waals surface area contributed by atoms with Crippen LogP contribution in [0.2, 0.25) is 0 Å². The van der Waals surface area contributed by atoms with Gasteiger partial charge in [-0.1, -0.05) is 12.1 Å². The second-order valence-electron chi connectivity index (χ2n) is 9.42. The third-order valence-corrected chi connectivity index (χ3v) is 7.02. The number of rotatable bonds is 7. The van der Waals surface area contributed by atoms with Gasteiger partial charge >= 0.3 is 6.03 Å². The van der Waals surface area contributed by atoms with Crippen molar-refractivity contribution < 1.29 is 22.8 Å². The lowest BCUT2D eigenvalue weighted by atomic mass is 9.94. The zero-order valence-corrected chi connectivity index (χ0v) is 17.8. The van der Waals surface area contributed by atoms with E-state index in [1.165, 1.54) is 12.8 Å². The lowest BCUT2D eigenvalue weighted by molar-refractivity contribution is -0.124. The van der Waals surface area contributed by atoms with E-state index in [0.717, 1.165) is 37.1 Å². The Morgan fingerprint density at radius 1 is 1.09 bits per heavy atom. The number of nitriles is 1. The molecule has 3 fully saturated rings. The minimum Gasteiger partial charge on any atom is -0.336 e. The van der Waals surface area contributed by atoms with Crippen LogP contribution in [0.15, 0.2) is 24.3 Å². The number of nitrogens with one attached hydrogen (secondary N) is 2. The van der Waals surface area contributed by atoms with Crippen molar-refractivity contribution in [3.63, 3.8) is 0 Å². The highest BCUT2D eigenvalue weighted by Gasteiger charge is 2.47. The summed E-state index contributed by atoms with van der Waals surface area (Å²) in [6, 6.07) is 4.33. The van der Waals surface area contributed by atoms with Gasteiger partial charge in [0.15, 0.2) is 0 Å². The molecular formula is C23H27F3N4O2. The topological polar surface area (TPSA) is 85.2 Å². The first kappa shape index (κ1) is 22.4.